The number of aromatic nitrogens is 4. The van der Waals surface area contributed by atoms with Gasteiger partial charge in [0.1, 0.15) is 5.69 Å². The Morgan fingerprint density at radius 1 is 1.42 bits per heavy atom. The summed E-state index contributed by atoms with van der Waals surface area (Å²) in [5, 5.41) is 8.71. The zero-order valence-corrected chi connectivity index (χ0v) is 14.5. The van der Waals surface area contributed by atoms with Crippen molar-refractivity contribution in [3.63, 3.8) is 0 Å². The standard InChI is InChI=1S/C18H25N5O/c1-4-10-22-11-9-16-18(20-21-23(16)5-2)17(22)13-24-12-15-8-6-7-14(3)19-15/h4,6-8,17H,1,5,9-13H2,2-3H3. The molecule has 1 atom stereocenters. The fourth-order valence-electron chi connectivity index (χ4n) is 3.22. The number of fused-ring (bicyclic) bond motifs is 1. The van der Waals surface area contributed by atoms with Gasteiger partial charge in [0, 0.05) is 31.7 Å². The second kappa shape index (κ2) is 7.68. The van der Waals surface area contributed by atoms with Crippen molar-refractivity contribution >= 4 is 0 Å². The minimum Gasteiger partial charge on any atom is -0.373 e. The molecule has 0 N–H and O–H groups in total. The third-order valence-corrected chi connectivity index (χ3v) is 4.39. The summed E-state index contributed by atoms with van der Waals surface area (Å²) >= 11 is 0. The minimum absolute atomic E-state index is 0.122. The van der Waals surface area contributed by atoms with E-state index in [0.717, 1.165) is 43.1 Å². The minimum atomic E-state index is 0.122. The first kappa shape index (κ1) is 16.8. The van der Waals surface area contributed by atoms with Crippen molar-refractivity contribution in [3.8, 4) is 0 Å². The predicted octanol–water partition coefficient (Wildman–Crippen LogP) is 2.30. The maximum atomic E-state index is 5.98. The van der Waals surface area contributed by atoms with Gasteiger partial charge in [-0.2, -0.15) is 0 Å². The Kier molecular flexibility index (Phi) is 5.37. The molecule has 24 heavy (non-hydrogen) atoms. The molecule has 3 heterocycles. The second-order valence-electron chi connectivity index (χ2n) is 6.07. The van der Waals surface area contributed by atoms with Crippen molar-refractivity contribution in [1.82, 2.24) is 24.9 Å². The van der Waals surface area contributed by atoms with Crippen LogP contribution in [0.25, 0.3) is 0 Å². The van der Waals surface area contributed by atoms with Crippen molar-refractivity contribution in [2.24, 2.45) is 0 Å². The molecule has 0 bridgehead atoms. The number of hydrogen-bond acceptors (Lipinski definition) is 5. The number of pyridine rings is 1. The summed E-state index contributed by atoms with van der Waals surface area (Å²) in [6.45, 7) is 11.7. The molecular weight excluding hydrogens is 302 g/mol. The van der Waals surface area contributed by atoms with E-state index in [9.17, 15) is 0 Å². The van der Waals surface area contributed by atoms with Crippen LogP contribution in [0.15, 0.2) is 30.9 Å². The van der Waals surface area contributed by atoms with Crippen molar-refractivity contribution in [3.05, 3.63) is 53.6 Å². The van der Waals surface area contributed by atoms with Gasteiger partial charge >= 0.3 is 0 Å². The van der Waals surface area contributed by atoms with Crippen molar-refractivity contribution in [1.29, 1.82) is 0 Å². The number of aryl methyl sites for hydroxylation is 2. The number of ether oxygens (including phenoxy) is 1. The molecule has 0 fully saturated rings. The Morgan fingerprint density at radius 2 is 2.29 bits per heavy atom. The largest absolute Gasteiger partial charge is 0.373 e. The molecule has 6 heteroatoms. The van der Waals surface area contributed by atoms with Crippen molar-refractivity contribution in [2.75, 3.05) is 19.7 Å². The average Bonchev–Trinajstić information content (AvgIpc) is 3.00. The lowest BCUT2D eigenvalue weighted by atomic mass is 10.0. The maximum absolute atomic E-state index is 5.98. The van der Waals surface area contributed by atoms with Gasteiger partial charge in [0.05, 0.1) is 30.6 Å². The molecule has 1 unspecified atom stereocenters. The van der Waals surface area contributed by atoms with E-state index < -0.39 is 0 Å². The maximum Gasteiger partial charge on any atom is 0.105 e. The van der Waals surface area contributed by atoms with Crippen LogP contribution in [0.3, 0.4) is 0 Å². The number of hydrogen-bond donors (Lipinski definition) is 0. The smallest absolute Gasteiger partial charge is 0.105 e. The van der Waals surface area contributed by atoms with E-state index in [4.69, 9.17) is 4.74 Å². The van der Waals surface area contributed by atoms with Crippen LogP contribution in [0.5, 0.6) is 0 Å². The lowest BCUT2D eigenvalue weighted by Crippen LogP contribution is -2.38. The first-order valence-electron chi connectivity index (χ1n) is 8.50. The Labute approximate surface area is 143 Å². The molecule has 0 saturated heterocycles. The summed E-state index contributed by atoms with van der Waals surface area (Å²) in [6, 6.07) is 6.12. The van der Waals surface area contributed by atoms with Crippen LogP contribution in [0.2, 0.25) is 0 Å². The molecule has 128 valence electrons. The van der Waals surface area contributed by atoms with Gasteiger partial charge in [0.25, 0.3) is 0 Å². The molecule has 0 radical (unpaired) electrons. The summed E-state index contributed by atoms with van der Waals surface area (Å²) in [5.41, 5.74) is 4.25. The van der Waals surface area contributed by atoms with Crippen LogP contribution in [-0.2, 0) is 24.3 Å². The van der Waals surface area contributed by atoms with E-state index in [-0.39, 0.29) is 6.04 Å². The zero-order chi connectivity index (χ0) is 16.9. The molecule has 0 saturated carbocycles. The van der Waals surface area contributed by atoms with Gasteiger partial charge in [-0.05, 0) is 26.0 Å². The Morgan fingerprint density at radius 3 is 3.04 bits per heavy atom. The van der Waals surface area contributed by atoms with Gasteiger partial charge in [-0.25, -0.2) is 4.68 Å². The fourth-order valence-corrected chi connectivity index (χ4v) is 3.22. The summed E-state index contributed by atoms with van der Waals surface area (Å²) in [4.78, 5) is 6.84. The Balaban J connectivity index is 1.71. The van der Waals surface area contributed by atoms with Gasteiger partial charge in [0.2, 0.25) is 0 Å². The summed E-state index contributed by atoms with van der Waals surface area (Å²) in [6.07, 6.45) is 2.91. The molecule has 1 aliphatic rings. The first-order chi connectivity index (χ1) is 11.7. The molecule has 0 aliphatic carbocycles. The summed E-state index contributed by atoms with van der Waals surface area (Å²) in [5.74, 6) is 0. The molecule has 0 spiro atoms. The van der Waals surface area contributed by atoms with Gasteiger partial charge in [-0.15, -0.1) is 11.7 Å². The van der Waals surface area contributed by atoms with Gasteiger partial charge < -0.3 is 4.74 Å². The molecule has 2 aromatic heterocycles. The molecular formula is C18H25N5O. The van der Waals surface area contributed by atoms with Crippen molar-refractivity contribution in [2.45, 2.75) is 39.5 Å². The van der Waals surface area contributed by atoms with Crippen LogP contribution in [0, 0.1) is 6.92 Å². The molecule has 1 aliphatic heterocycles. The van der Waals surface area contributed by atoms with E-state index in [1.807, 2.05) is 35.9 Å². The number of rotatable bonds is 7. The average molecular weight is 327 g/mol. The van der Waals surface area contributed by atoms with Crippen LogP contribution in [0.1, 0.15) is 35.7 Å². The van der Waals surface area contributed by atoms with Gasteiger partial charge in [0.15, 0.2) is 0 Å². The fraction of sp³-hybridized carbons (Fsp3) is 0.500. The Hall–Kier alpha value is -2.05. The Bertz CT molecular complexity index is 696. The van der Waals surface area contributed by atoms with E-state index in [1.54, 1.807) is 0 Å². The predicted molar refractivity (Wildman–Crippen MR) is 92.5 cm³/mol. The molecule has 0 amide bonds. The lowest BCUT2D eigenvalue weighted by molar-refractivity contribution is 0.0461. The normalized spacial score (nSPS) is 17.7. The summed E-state index contributed by atoms with van der Waals surface area (Å²) in [7, 11) is 0. The van der Waals surface area contributed by atoms with E-state index in [2.05, 4.69) is 33.7 Å². The van der Waals surface area contributed by atoms with Crippen molar-refractivity contribution < 1.29 is 4.74 Å². The molecule has 2 aromatic rings. The SMILES string of the molecule is C=CCN1CCc2c(nnn2CC)C1COCc1cccc(C)n1. The topological polar surface area (TPSA) is 56.1 Å². The van der Waals surface area contributed by atoms with E-state index in [1.165, 1.54) is 5.69 Å². The zero-order valence-electron chi connectivity index (χ0n) is 14.5. The third kappa shape index (κ3) is 3.55. The highest BCUT2D eigenvalue weighted by Gasteiger charge is 2.31. The first-order valence-corrected chi connectivity index (χ1v) is 8.50. The van der Waals surface area contributed by atoms with Crippen LogP contribution in [0.4, 0.5) is 0 Å². The molecule has 3 rings (SSSR count). The van der Waals surface area contributed by atoms with Crippen LogP contribution < -0.4 is 0 Å². The highest BCUT2D eigenvalue weighted by atomic mass is 16.5. The second-order valence-corrected chi connectivity index (χ2v) is 6.07. The van der Waals surface area contributed by atoms with E-state index in [0.29, 0.717) is 13.2 Å². The van der Waals surface area contributed by atoms with Crippen LogP contribution >= 0.6 is 0 Å². The molecule has 0 aromatic carbocycles. The van der Waals surface area contributed by atoms with Crippen LogP contribution in [-0.4, -0.2) is 44.6 Å². The third-order valence-electron chi connectivity index (χ3n) is 4.39. The summed E-state index contributed by atoms with van der Waals surface area (Å²) < 4.78 is 7.97. The quantitative estimate of drug-likeness (QED) is 0.731. The van der Waals surface area contributed by atoms with E-state index >= 15 is 0 Å². The monoisotopic (exact) mass is 327 g/mol. The van der Waals surface area contributed by atoms with Gasteiger partial charge in [-0.3, -0.25) is 9.88 Å². The van der Waals surface area contributed by atoms with Gasteiger partial charge in [-0.1, -0.05) is 17.4 Å². The highest BCUT2D eigenvalue weighted by molar-refractivity contribution is 5.19. The lowest BCUT2D eigenvalue weighted by Gasteiger charge is -2.33. The highest BCUT2D eigenvalue weighted by Crippen LogP contribution is 2.28. The molecule has 6 nitrogen and oxygen atoms in total. The number of nitrogens with zero attached hydrogens (tertiary/aromatic N) is 5.